The largest absolute Gasteiger partial charge is 0.507 e. The highest BCUT2D eigenvalue weighted by atomic mass is 16.3. The Morgan fingerprint density at radius 2 is 1.64 bits per heavy atom. The fraction of sp³-hybridized carbons (Fsp3) is 0.600. The summed E-state index contributed by atoms with van der Waals surface area (Å²) in [6, 6.07) is 0. The monoisotopic (exact) mass is 344 g/mol. The van der Waals surface area contributed by atoms with Crippen LogP contribution in [0.25, 0.3) is 0 Å². The number of rotatable bonds is 1. The van der Waals surface area contributed by atoms with E-state index in [2.05, 4.69) is 0 Å². The molecule has 0 spiro atoms. The Balaban J connectivity index is 2.30. The van der Waals surface area contributed by atoms with Crippen LogP contribution in [0.4, 0.5) is 0 Å². The number of fused-ring (bicyclic) bond motifs is 2. The molecule has 0 amide bonds. The summed E-state index contributed by atoms with van der Waals surface area (Å²) < 4.78 is 0. The molecule has 1 saturated carbocycles. The number of aliphatic hydroxyl groups is 1. The lowest BCUT2D eigenvalue weighted by Crippen LogP contribution is -2.54. The zero-order chi connectivity index (χ0) is 18.9. The van der Waals surface area contributed by atoms with Gasteiger partial charge in [-0.05, 0) is 18.3 Å². The third-order valence-corrected chi connectivity index (χ3v) is 6.47. The molecule has 2 unspecified atom stereocenters. The fourth-order valence-corrected chi connectivity index (χ4v) is 4.99. The molecule has 3 rings (SSSR count). The number of ketones is 4. The third-order valence-electron chi connectivity index (χ3n) is 6.47. The predicted octanol–water partition coefficient (Wildman–Crippen LogP) is 2.89. The second kappa shape index (κ2) is 5.23. The lowest BCUT2D eigenvalue weighted by atomic mass is 9.48. The summed E-state index contributed by atoms with van der Waals surface area (Å²) in [6.45, 7) is 8.89. The molecule has 2 atom stereocenters. The van der Waals surface area contributed by atoms with Crippen LogP contribution in [0.1, 0.15) is 53.9 Å². The van der Waals surface area contributed by atoms with Gasteiger partial charge in [-0.3, -0.25) is 19.2 Å². The Bertz CT molecular complexity index is 793. The SMILES string of the molecule is CC(C)C1=C(O)C2=C(C(=O)C1=O)C1(C)CCC(=O)C(C)(C)C1CC2=O. The van der Waals surface area contributed by atoms with Crippen molar-refractivity contribution >= 4 is 23.1 Å². The van der Waals surface area contributed by atoms with Gasteiger partial charge in [0.05, 0.1) is 5.57 Å². The maximum atomic E-state index is 12.9. The maximum absolute atomic E-state index is 12.9. The van der Waals surface area contributed by atoms with Crippen LogP contribution < -0.4 is 0 Å². The van der Waals surface area contributed by atoms with Gasteiger partial charge in [0.1, 0.15) is 11.5 Å². The lowest BCUT2D eigenvalue weighted by molar-refractivity contribution is -0.144. The molecule has 0 aromatic heterocycles. The molecule has 0 aliphatic heterocycles. The summed E-state index contributed by atoms with van der Waals surface area (Å²) in [6.07, 6.45) is 0.814. The third kappa shape index (κ3) is 2.14. The Morgan fingerprint density at radius 1 is 1.04 bits per heavy atom. The van der Waals surface area contributed by atoms with Gasteiger partial charge >= 0.3 is 0 Å². The van der Waals surface area contributed by atoms with Gasteiger partial charge in [0.15, 0.2) is 5.78 Å². The molecule has 3 aliphatic rings. The van der Waals surface area contributed by atoms with Crippen LogP contribution in [-0.2, 0) is 19.2 Å². The topological polar surface area (TPSA) is 88.5 Å². The Hall–Kier alpha value is -2.04. The number of carbonyl (C=O) groups is 4. The summed E-state index contributed by atoms with van der Waals surface area (Å²) in [7, 11) is 0. The standard InChI is InChI=1S/C20H24O5/c1-9(2)13-16(23)14-10(21)8-11-19(3,4)12(22)6-7-20(11,5)15(14)18(25)17(13)24/h9,11,23H,6-8H2,1-5H3. The van der Waals surface area contributed by atoms with E-state index in [1.54, 1.807) is 27.7 Å². The van der Waals surface area contributed by atoms with E-state index in [-0.39, 0.29) is 52.3 Å². The number of allylic oxidation sites excluding steroid dienone is 3. The minimum Gasteiger partial charge on any atom is -0.507 e. The van der Waals surface area contributed by atoms with Crippen molar-refractivity contribution in [1.29, 1.82) is 0 Å². The first-order chi connectivity index (χ1) is 11.4. The van der Waals surface area contributed by atoms with Gasteiger partial charge in [-0.1, -0.05) is 34.6 Å². The summed E-state index contributed by atoms with van der Waals surface area (Å²) in [5, 5.41) is 10.6. The van der Waals surface area contributed by atoms with Gasteiger partial charge in [-0.25, -0.2) is 0 Å². The smallest absolute Gasteiger partial charge is 0.233 e. The van der Waals surface area contributed by atoms with Gasteiger partial charge in [0.2, 0.25) is 11.6 Å². The second-order valence-corrected chi connectivity index (χ2v) is 8.57. The van der Waals surface area contributed by atoms with Crippen molar-refractivity contribution in [3.05, 3.63) is 22.5 Å². The molecule has 1 fully saturated rings. The van der Waals surface area contributed by atoms with Crippen LogP contribution in [0.5, 0.6) is 0 Å². The fourth-order valence-electron chi connectivity index (χ4n) is 4.99. The number of hydrogen-bond donors (Lipinski definition) is 1. The van der Waals surface area contributed by atoms with Crippen molar-refractivity contribution in [1.82, 2.24) is 0 Å². The number of aliphatic hydroxyl groups excluding tert-OH is 1. The number of Topliss-reactive ketones (excluding diaryl/α,β-unsaturated/α-hetero) is 4. The highest BCUT2D eigenvalue weighted by Crippen LogP contribution is 2.59. The van der Waals surface area contributed by atoms with Gasteiger partial charge < -0.3 is 5.11 Å². The van der Waals surface area contributed by atoms with Gasteiger partial charge in [0, 0.05) is 34.8 Å². The first kappa shape index (κ1) is 17.8. The first-order valence-electron chi connectivity index (χ1n) is 8.78. The molecule has 5 nitrogen and oxygen atoms in total. The van der Waals surface area contributed by atoms with Crippen LogP contribution in [0.2, 0.25) is 0 Å². The molecule has 25 heavy (non-hydrogen) atoms. The minimum absolute atomic E-state index is 0.0113. The molecule has 5 heteroatoms. The number of hydrogen-bond acceptors (Lipinski definition) is 5. The lowest BCUT2D eigenvalue weighted by Gasteiger charge is -2.53. The molecular formula is C20H24O5. The quantitative estimate of drug-likeness (QED) is 0.584. The van der Waals surface area contributed by atoms with E-state index < -0.39 is 22.4 Å². The zero-order valence-corrected chi connectivity index (χ0v) is 15.4. The Labute approximate surface area is 147 Å². The molecular weight excluding hydrogens is 320 g/mol. The highest BCUT2D eigenvalue weighted by molar-refractivity contribution is 6.51. The van der Waals surface area contributed by atoms with E-state index in [1.807, 2.05) is 6.92 Å². The van der Waals surface area contributed by atoms with Crippen molar-refractivity contribution in [3.63, 3.8) is 0 Å². The molecule has 0 radical (unpaired) electrons. The van der Waals surface area contributed by atoms with Crippen molar-refractivity contribution in [2.75, 3.05) is 0 Å². The average Bonchev–Trinajstić information content (AvgIpc) is 2.50. The van der Waals surface area contributed by atoms with E-state index in [1.165, 1.54) is 0 Å². The maximum Gasteiger partial charge on any atom is 0.233 e. The van der Waals surface area contributed by atoms with Crippen molar-refractivity contribution in [3.8, 4) is 0 Å². The van der Waals surface area contributed by atoms with Crippen molar-refractivity contribution in [2.24, 2.45) is 22.7 Å². The molecule has 0 bridgehead atoms. The van der Waals surface area contributed by atoms with Crippen LogP contribution in [0, 0.1) is 22.7 Å². The molecule has 0 aromatic carbocycles. The average molecular weight is 344 g/mol. The normalized spacial score (nSPS) is 32.3. The zero-order valence-electron chi connectivity index (χ0n) is 15.4. The predicted molar refractivity (Wildman–Crippen MR) is 90.8 cm³/mol. The van der Waals surface area contributed by atoms with E-state index in [4.69, 9.17) is 0 Å². The molecule has 0 heterocycles. The number of carbonyl (C=O) groups excluding carboxylic acids is 4. The molecule has 0 aromatic rings. The van der Waals surface area contributed by atoms with Crippen LogP contribution in [0.15, 0.2) is 22.5 Å². The van der Waals surface area contributed by atoms with Crippen molar-refractivity contribution < 1.29 is 24.3 Å². The van der Waals surface area contributed by atoms with Crippen LogP contribution in [-0.4, -0.2) is 28.2 Å². The summed E-state index contributed by atoms with van der Waals surface area (Å²) >= 11 is 0. The summed E-state index contributed by atoms with van der Waals surface area (Å²) in [5.74, 6) is -2.74. The second-order valence-electron chi connectivity index (χ2n) is 8.57. The van der Waals surface area contributed by atoms with Gasteiger partial charge in [-0.15, -0.1) is 0 Å². The van der Waals surface area contributed by atoms with E-state index in [0.717, 1.165) is 0 Å². The van der Waals surface area contributed by atoms with E-state index >= 15 is 0 Å². The Kier molecular flexibility index (Phi) is 3.72. The summed E-state index contributed by atoms with van der Waals surface area (Å²) in [5.41, 5.74) is -1.35. The molecule has 3 aliphatic carbocycles. The van der Waals surface area contributed by atoms with Crippen molar-refractivity contribution in [2.45, 2.75) is 53.9 Å². The van der Waals surface area contributed by atoms with Gasteiger partial charge in [-0.2, -0.15) is 0 Å². The molecule has 0 saturated heterocycles. The molecule has 134 valence electrons. The highest BCUT2D eigenvalue weighted by Gasteiger charge is 2.60. The van der Waals surface area contributed by atoms with Crippen LogP contribution >= 0.6 is 0 Å². The summed E-state index contributed by atoms with van der Waals surface area (Å²) in [4.78, 5) is 50.7. The molecule has 1 N–H and O–H groups in total. The van der Waals surface area contributed by atoms with E-state index in [9.17, 15) is 24.3 Å². The minimum atomic E-state index is -0.760. The van der Waals surface area contributed by atoms with Crippen LogP contribution in [0.3, 0.4) is 0 Å². The Morgan fingerprint density at radius 3 is 2.20 bits per heavy atom. The van der Waals surface area contributed by atoms with E-state index in [0.29, 0.717) is 12.8 Å². The van der Waals surface area contributed by atoms with Gasteiger partial charge in [0.25, 0.3) is 0 Å². The first-order valence-corrected chi connectivity index (χ1v) is 8.78.